The molecule has 1 aromatic carbocycles. The molecule has 3 heterocycles. The maximum absolute atomic E-state index is 13.3. The maximum Gasteiger partial charge on any atom is 0.272 e. The van der Waals surface area contributed by atoms with Gasteiger partial charge in [-0.3, -0.25) is 9.59 Å². The van der Waals surface area contributed by atoms with Crippen LogP contribution in [0, 0.1) is 5.92 Å². The summed E-state index contributed by atoms with van der Waals surface area (Å²) in [4.78, 5) is 29.0. The van der Waals surface area contributed by atoms with E-state index >= 15 is 0 Å². The van der Waals surface area contributed by atoms with Crippen molar-refractivity contribution in [3.8, 4) is 17.1 Å². The van der Waals surface area contributed by atoms with Crippen molar-refractivity contribution in [3.63, 3.8) is 0 Å². The van der Waals surface area contributed by atoms with Gasteiger partial charge >= 0.3 is 0 Å². The zero-order chi connectivity index (χ0) is 20.4. The van der Waals surface area contributed by atoms with Crippen molar-refractivity contribution in [1.82, 2.24) is 19.6 Å². The van der Waals surface area contributed by atoms with Crippen LogP contribution in [0.3, 0.4) is 0 Å². The van der Waals surface area contributed by atoms with E-state index in [0.29, 0.717) is 43.1 Å². The molecule has 29 heavy (non-hydrogen) atoms. The average molecular weight is 392 g/mol. The molecule has 1 saturated heterocycles. The van der Waals surface area contributed by atoms with Gasteiger partial charge in [0.25, 0.3) is 5.91 Å². The number of amides is 2. The van der Waals surface area contributed by atoms with Gasteiger partial charge in [-0.15, -0.1) is 0 Å². The van der Waals surface area contributed by atoms with E-state index in [4.69, 9.17) is 4.42 Å². The number of hydrogen-bond donors (Lipinski definition) is 0. The topological polar surface area (TPSA) is 71.6 Å². The second-order valence-electron chi connectivity index (χ2n) is 7.44. The minimum atomic E-state index is -0.0880. The standard InChI is InChI=1S/C22H24N4O3/c1-24(2)21(27)16-10-12-25(13-11-16)22(28)19-15-18(20-9-6-14-29-20)23-26(19)17-7-4-3-5-8-17/h3-9,14-16H,10-13H2,1-2H3. The summed E-state index contributed by atoms with van der Waals surface area (Å²) in [5.41, 5.74) is 1.91. The van der Waals surface area contributed by atoms with Gasteiger partial charge in [-0.25, -0.2) is 4.68 Å². The van der Waals surface area contributed by atoms with Crippen LogP contribution in [0.5, 0.6) is 0 Å². The third-order valence-electron chi connectivity index (χ3n) is 5.28. The van der Waals surface area contributed by atoms with Crippen LogP contribution >= 0.6 is 0 Å². The molecule has 0 spiro atoms. The highest BCUT2D eigenvalue weighted by molar-refractivity contribution is 5.94. The van der Waals surface area contributed by atoms with Crippen molar-refractivity contribution in [1.29, 1.82) is 0 Å². The number of furan rings is 1. The SMILES string of the molecule is CN(C)C(=O)C1CCN(C(=O)c2cc(-c3ccco3)nn2-c2ccccc2)CC1. The van der Waals surface area contributed by atoms with Crippen LogP contribution in [0.1, 0.15) is 23.3 Å². The number of hydrogen-bond acceptors (Lipinski definition) is 4. The quantitative estimate of drug-likeness (QED) is 0.684. The van der Waals surface area contributed by atoms with Gasteiger partial charge in [-0.1, -0.05) is 18.2 Å². The molecule has 0 saturated carbocycles. The van der Waals surface area contributed by atoms with E-state index in [9.17, 15) is 9.59 Å². The molecule has 1 aliphatic heterocycles. The second-order valence-corrected chi connectivity index (χ2v) is 7.44. The van der Waals surface area contributed by atoms with Gasteiger partial charge in [0.1, 0.15) is 11.4 Å². The molecule has 0 unspecified atom stereocenters. The zero-order valence-electron chi connectivity index (χ0n) is 16.6. The highest BCUT2D eigenvalue weighted by Gasteiger charge is 2.30. The fourth-order valence-corrected chi connectivity index (χ4v) is 3.70. The Morgan fingerprint density at radius 3 is 2.41 bits per heavy atom. The molecule has 7 nitrogen and oxygen atoms in total. The molecule has 0 N–H and O–H groups in total. The predicted octanol–water partition coefficient (Wildman–Crippen LogP) is 3.07. The van der Waals surface area contributed by atoms with Crippen molar-refractivity contribution in [2.24, 2.45) is 5.92 Å². The Labute approximate surface area is 169 Å². The molecule has 2 amide bonds. The Morgan fingerprint density at radius 2 is 1.79 bits per heavy atom. The first-order chi connectivity index (χ1) is 14.0. The molecule has 1 aliphatic rings. The van der Waals surface area contributed by atoms with Crippen LogP contribution < -0.4 is 0 Å². The fraction of sp³-hybridized carbons (Fsp3) is 0.318. The van der Waals surface area contributed by atoms with E-state index < -0.39 is 0 Å². The van der Waals surface area contributed by atoms with E-state index in [1.165, 1.54) is 0 Å². The Hall–Kier alpha value is -3.35. The molecule has 1 fully saturated rings. The monoisotopic (exact) mass is 392 g/mol. The number of aromatic nitrogens is 2. The number of rotatable bonds is 4. The lowest BCUT2D eigenvalue weighted by atomic mass is 9.95. The molecular formula is C22H24N4O3. The van der Waals surface area contributed by atoms with Crippen molar-refractivity contribution < 1.29 is 14.0 Å². The Balaban J connectivity index is 1.60. The normalized spacial score (nSPS) is 14.8. The zero-order valence-corrected chi connectivity index (χ0v) is 16.6. The second kappa shape index (κ2) is 7.95. The molecule has 4 rings (SSSR count). The minimum Gasteiger partial charge on any atom is -0.463 e. The molecule has 3 aromatic rings. The number of piperidine rings is 1. The van der Waals surface area contributed by atoms with Crippen LogP contribution in [0.15, 0.2) is 59.2 Å². The summed E-state index contributed by atoms with van der Waals surface area (Å²) in [5.74, 6) is 0.636. The molecule has 0 radical (unpaired) electrons. The number of para-hydroxylation sites is 1. The van der Waals surface area contributed by atoms with Crippen LogP contribution in [0.25, 0.3) is 17.1 Å². The summed E-state index contributed by atoms with van der Waals surface area (Å²) < 4.78 is 7.13. The van der Waals surface area contributed by atoms with Gasteiger partial charge in [-0.2, -0.15) is 5.10 Å². The Kier molecular flexibility index (Phi) is 5.20. The molecule has 150 valence electrons. The fourth-order valence-electron chi connectivity index (χ4n) is 3.70. The molecule has 0 bridgehead atoms. The molecule has 7 heteroatoms. The highest BCUT2D eigenvalue weighted by Crippen LogP contribution is 2.25. The number of benzene rings is 1. The van der Waals surface area contributed by atoms with Crippen molar-refractivity contribution in [2.75, 3.05) is 27.2 Å². The van der Waals surface area contributed by atoms with E-state index in [1.54, 1.807) is 42.1 Å². The van der Waals surface area contributed by atoms with Gasteiger partial charge in [0.15, 0.2) is 5.76 Å². The summed E-state index contributed by atoms with van der Waals surface area (Å²) in [6.07, 6.45) is 2.94. The summed E-state index contributed by atoms with van der Waals surface area (Å²) >= 11 is 0. The average Bonchev–Trinajstić information content (AvgIpc) is 3.43. The van der Waals surface area contributed by atoms with Crippen molar-refractivity contribution >= 4 is 11.8 Å². The predicted molar refractivity (Wildman–Crippen MR) is 109 cm³/mol. The molecule has 0 aliphatic carbocycles. The smallest absolute Gasteiger partial charge is 0.272 e. The van der Waals surface area contributed by atoms with Crippen LogP contribution in [0.4, 0.5) is 0 Å². The number of carbonyl (C=O) groups is 2. The number of nitrogens with zero attached hydrogens (tertiary/aromatic N) is 4. The first-order valence-electron chi connectivity index (χ1n) is 9.74. The Morgan fingerprint density at radius 1 is 1.07 bits per heavy atom. The van der Waals surface area contributed by atoms with Crippen LogP contribution in [-0.4, -0.2) is 58.6 Å². The lowest BCUT2D eigenvalue weighted by Gasteiger charge is -2.32. The summed E-state index contributed by atoms with van der Waals surface area (Å²) in [7, 11) is 3.54. The van der Waals surface area contributed by atoms with Gasteiger partial charge in [0.2, 0.25) is 5.91 Å². The van der Waals surface area contributed by atoms with E-state index in [2.05, 4.69) is 5.10 Å². The summed E-state index contributed by atoms with van der Waals surface area (Å²) in [6.45, 7) is 1.11. The first kappa shape index (κ1) is 19.0. The largest absolute Gasteiger partial charge is 0.463 e. The van der Waals surface area contributed by atoms with Gasteiger partial charge < -0.3 is 14.2 Å². The molecular weight excluding hydrogens is 368 g/mol. The van der Waals surface area contributed by atoms with E-state index in [1.807, 2.05) is 41.3 Å². The highest BCUT2D eigenvalue weighted by atomic mass is 16.3. The van der Waals surface area contributed by atoms with Gasteiger partial charge in [0, 0.05) is 39.2 Å². The molecule has 0 atom stereocenters. The van der Waals surface area contributed by atoms with Gasteiger partial charge in [-0.05, 0) is 37.1 Å². The maximum atomic E-state index is 13.3. The minimum absolute atomic E-state index is 0.0215. The lowest BCUT2D eigenvalue weighted by Crippen LogP contribution is -2.43. The first-order valence-corrected chi connectivity index (χ1v) is 9.74. The van der Waals surface area contributed by atoms with Crippen molar-refractivity contribution in [2.45, 2.75) is 12.8 Å². The third kappa shape index (κ3) is 3.81. The lowest BCUT2D eigenvalue weighted by molar-refractivity contribution is -0.134. The van der Waals surface area contributed by atoms with Gasteiger partial charge in [0.05, 0.1) is 12.0 Å². The van der Waals surface area contributed by atoms with E-state index in [-0.39, 0.29) is 17.7 Å². The van der Waals surface area contributed by atoms with Crippen LogP contribution in [0.2, 0.25) is 0 Å². The van der Waals surface area contributed by atoms with Crippen molar-refractivity contribution in [3.05, 3.63) is 60.5 Å². The number of likely N-dealkylation sites (tertiary alicyclic amines) is 1. The summed E-state index contributed by atoms with van der Waals surface area (Å²) in [6, 6.07) is 15.0. The van der Waals surface area contributed by atoms with E-state index in [0.717, 1.165) is 5.69 Å². The number of carbonyl (C=O) groups excluding carboxylic acids is 2. The Bertz CT molecular complexity index is 985. The summed E-state index contributed by atoms with van der Waals surface area (Å²) in [5, 5.41) is 4.62. The third-order valence-corrected chi connectivity index (χ3v) is 5.28. The molecule has 2 aromatic heterocycles. The van der Waals surface area contributed by atoms with Crippen LogP contribution in [-0.2, 0) is 4.79 Å².